The molecule has 0 amide bonds. The van der Waals surface area contributed by atoms with Crippen LogP contribution in [0.15, 0.2) is 42.5 Å². The van der Waals surface area contributed by atoms with Gasteiger partial charge >= 0.3 is 0 Å². The van der Waals surface area contributed by atoms with Crippen LogP contribution in [0.25, 0.3) is 0 Å². The first-order valence-corrected chi connectivity index (χ1v) is 6.64. The molecule has 3 nitrogen and oxygen atoms in total. The van der Waals surface area contributed by atoms with Gasteiger partial charge < -0.3 is 15.2 Å². The van der Waals surface area contributed by atoms with Gasteiger partial charge in [0.25, 0.3) is 0 Å². The number of hydrogen-bond acceptors (Lipinski definition) is 3. The molecular formula is C16H18ClNO2. The van der Waals surface area contributed by atoms with E-state index in [0.29, 0.717) is 10.8 Å². The van der Waals surface area contributed by atoms with E-state index in [2.05, 4.69) is 0 Å². The highest BCUT2D eigenvalue weighted by Crippen LogP contribution is 2.36. The molecule has 4 heteroatoms. The van der Waals surface area contributed by atoms with Crippen molar-refractivity contribution in [1.29, 1.82) is 0 Å². The summed E-state index contributed by atoms with van der Waals surface area (Å²) in [5.41, 5.74) is 7.61. The summed E-state index contributed by atoms with van der Waals surface area (Å²) in [4.78, 5) is 0. The van der Waals surface area contributed by atoms with Crippen LogP contribution in [0.3, 0.4) is 0 Å². The molecular weight excluding hydrogens is 274 g/mol. The van der Waals surface area contributed by atoms with Crippen molar-refractivity contribution >= 4 is 11.6 Å². The molecule has 0 saturated heterocycles. The van der Waals surface area contributed by atoms with Crippen LogP contribution in [0, 0.1) is 0 Å². The summed E-state index contributed by atoms with van der Waals surface area (Å²) >= 11 is 6.05. The van der Waals surface area contributed by atoms with Crippen LogP contribution in [0.5, 0.6) is 11.5 Å². The Balaban J connectivity index is 2.53. The van der Waals surface area contributed by atoms with Crippen molar-refractivity contribution in [1.82, 2.24) is 0 Å². The van der Waals surface area contributed by atoms with Crippen LogP contribution in [0.1, 0.15) is 18.1 Å². The lowest BCUT2D eigenvalue weighted by Crippen LogP contribution is -2.34. The van der Waals surface area contributed by atoms with Crippen LogP contribution in [0.4, 0.5) is 0 Å². The van der Waals surface area contributed by atoms with Crippen molar-refractivity contribution in [2.24, 2.45) is 5.73 Å². The molecule has 0 radical (unpaired) electrons. The summed E-state index contributed by atoms with van der Waals surface area (Å²) in [5, 5.41) is 0.659. The second-order valence-corrected chi connectivity index (χ2v) is 5.22. The maximum atomic E-state index is 6.52. The van der Waals surface area contributed by atoms with Crippen LogP contribution < -0.4 is 15.2 Å². The summed E-state index contributed by atoms with van der Waals surface area (Å²) in [6.45, 7) is 1.93. The second kappa shape index (κ2) is 5.73. The molecule has 0 saturated carbocycles. The van der Waals surface area contributed by atoms with Crippen molar-refractivity contribution < 1.29 is 9.47 Å². The topological polar surface area (TPSA) is 44.5 Å². The Bertz CT molecular complexity index is 611. The smallest absolute Gasteiger partial charge is 0.127 e. The first-order chi connectivity index (χ1) is 9.48. The molecule has 106 valence electrons. The molecule has 0 aliphatic heterocycles. The fourth-order valence-electron chi connectivity index (χ4n) is 2.19. The van der Waals surface area contributed by atoms with E-state index in [1.807, 2.05) is 49.4 Å². The SMILES string of the molecule is COc1ccc(C(C)(N)c2cccc(Cl)c2)c(OC)c1. The van der Waals surface area contributed by atoms with Crippen molar-refractivity contribution in [3.63, 3.8) is 0 Å². The van der Waals surface area contributed by atoms with Gasteiger partial charge in [0.2, 0.25) is 0 Å². The summed E-state index contributed by atoms with van der Waals surface area (Å²) in [5.74, 6) is 1.42. The molecule has 0 aliphatic rings. The summed E-state index contributed by atoms with van der Waals surface area (Å²) < 4.78 is 10.6. The Morgan fingerprint density at radius 3 is 2.40 bits per heavy atom. The molecule has 20 heavy (non-hydrogen) atoms. The zero-order valence-electron chi connectivity index (χ0n) is 11.8. The van der Waals surface area contributed by atoms with Gasteiger partial charge in [0.1, 0.15) is 11.5 Å². The predicted octanol–water partition coefficient (Wildman–Crippen LogP) is 3.58. The molecule has 0 fully saturated rings. The number of benzene rings is 2. The van der Waals surface area contributed by atoms with E-state index in [4.69, 9.17) is 26.8 Å². The van der Waals surface area contributed by atoms with Gasteiger partial charge in [0.15, 0.2) is 0 Å². The van der Waals surface area contributed by atoms with Gasteiger partial charge in [-0.05, 0) is 36.8 Å². The minimum atomic E-state index is -0.706. The number of hydrogen-bond donors (Lipinski definition) is 1. The number of ether oxygens (including phenoxy) is 2. The Hall–Kier alpha value is -1.71. The second-order valence-electron chi connectivity index (χ2n) is 4.78. The third-order valence-corrected chi connectivity index (χ3v) is 3.63. The monoisotopic (exact) mass is 291 g/mol. The lowest BCUT2D eigenvalue weighted by Gasteiger charge is -2.28. The van der Waals surface area contributed by atoms with Gasteiger partial charge in [-0.15, -0.1) is 0 Å². The molecule has 2 rings (SSSR count). The third-order valence-electron chi connectivity index (χ3n) is 3.39. The van der Waals surface area contributed by atoms with Crippen molar-refractivity contribution in [3.8, 4) is 11.5 Å². The van der Waals surface area contributed by atoms with Gasteiger partial charge in [0.05, 0.1) is 19.8 Å². The quantitative estimate of drug-likeness (QED) is 0.936. The van der Waals surface area contributed by atoms with E-state index in [1.54, 1.807) is 14.2 Å². The molecule has 0 aliphatic carbocycles. The van der Waals surface area contributed by atoms with E-state index in [0.717, 1.165) is 16.9 Å². The average molecular weight is 292 g/mol. The molecule has 2 aromatic carbocycles. The molecule has 0 bridgehead atoms. The van der Waals surface area contributed by atoms with Gasteiger partial charge in [-0.2, -0.15) is 0 Å². The Morgan fingerprint density at radius 2 is 1.80 bits per heavy atom. The molecule has 0 heterocycles. The first-order valence-electron chi connectivity index (χ1n) is 6.26. The summed E-state index contributed by atoms with van der Waals surface area (Å²) in [7, 11) is 3.24. The molecule has 0 spiro atoms. The fraction of sp³-hybridized carbons (Fsp3) is 0.250. The van der Waals surface area contributed by atoms with Crippen molar-refractivity contribution in [3.05, 3.63) is 58.6 Å². The Kier molecular flexibility index (Phi) is 4.21. The number of rotatable bonds is 4. The fourth-order valence-corrected chi connectivity index (χ4v) is 2.38. The van der Waals surface area contributed by atoms with E-state index >= 15 is 0 Å². The van der Waals surface area contributed by atoms with Crippen LogP contribution >= 0.6 is 11.6 Å². The Labute approximate surface area is 124 Å². The lowest BCUT2D eigenvalue weighted by molar-refractivity contribution is 0.384. The Morgan fingerprint density at radius 1 is 1.05 bits per heavy atom. The van der Waals surface area contributed by atoms with E-state index in [-0.39, 0.29) is 0 Å². The van der Waals surface area contributed by atoms with Crippen molar-refractivity contribution in [2.75, 3.05) is 14.2 Å². The summed E-state index contributed by atoms with van der Waals surface area (Å²) in [6.07, 6.45) is 0. The van der Waals surface area contributed by atoms with Gasteiger partial charge in [-0.1, -0.05) is 23.7 Å². The van der Waals surface area contributed by atoms with Crippen LogP contribution in [0.2, 0.25) is 5.02 Å². The molecule has 1 atom stereocenters. The highest BCUT2D eigenvalue weighted by atomic mass is 35.5. The largest absolute Gasteiger partial charge is 0.497 e. The van der Waals surface area contributed by atoms with Crippen LogP contribution in [-0.4, -0.2) is 14.2 Å². The normalized spacial score (nSPS) is 13.7. The van der Waals surface area contributed by atoms with E-state index in [9.17, 15) is 0 Å². The number of nitrogens with two attached hydrogens (primary N) is 1. The molecule has 2 aromatic rings. The number of halogens is 1. The van der Waals surface area contributed by atoms with E-state index < -0.39 is 5.54 Å². The molecule has 0 aromatic heterocycles. The first kappa shape index (κ1) is 14.7. The predicted molar refractivity (Wildman–Crippen MR) is 81.6 cm³/mol. The lowest BCUT2D eigenvalue weighted by atomic mass is 9.85. The zero-order valence-corrected chi connectivity index (χ0v) is 12.6. The minimum absolute atomic E-state index is 0.659. The average Bonchev–Trinajstić information content (AvgIpc) is 2.46. The van der Waals surface area contributed by atoms with E-state index in [1.165, 1.54) is 0 Å². The zero-order chi connectivity index (χ0) is 14.8. The third kappa shape index (κ3) is 2.74. The van der Waals surface area contributed by atoms with Gasteiger partial charge in [-0.25, -0.2) is 0 Å². The maximum absolute atomic E-state index is 6.52. The summed E-state index contributed by atoms with van der Waals surface area (Å²) in [6, 6.07) is 13.1. The standard InChI is InChI=1S/C16H18ClNO2/c1-16(18,11-5-4-6-12(17)9-11)14-8-7-13(19-2)10-15(14)20-3/h4-10H,18H2,1-3H3. The maximum Gasteiger partial charge on any atom is 0.127 e. The van der Waals surface area contributed by atoms with Gasteiger partial charge in [-0.3, -0.25) is 0 Å². The number of methoxy groups -OCH3 is 2. The van der Waals surface area contributed by atoms with Gasteiger partial charge in [0, 0.05) is 16.7 Å². The van der Waals surface area contributed by atoms with Crippen LogP contribution in [-0.2, 0) is 5.54 Å². The molecule has 1 unspecified atom stereocenters. The van der Waals surface area contributed by atoms with Crippen molar-refractivity contribution in [2.45, 2.75) is 12.5 Å². The highest BCUT2D eigenvalue weighted by molar-refractivity contribution is 6.30. The molecule has 2 N–H and O–H groups in total. The minimum Gasteiger partial charge on any atom is -0.497 e. The highest BCUT2D eigenvalue weighted by Gasteiger charge is 2.27.